The molecule has 1 amide bonds. The molecule has 3 nitrogen and oxygen atoms in total. The molecule has 0 spiro atoms. The zero-order valence-electron chi connectivity index (χ0n) is 13.2. The summed E-state index contributed by atoms with van der Waals surface area (Å²) in [4.78, 5) is 12.9. The Balaban J connectivity index is 1.92. The molecule has 0 aliphatic rings. The third-order valence-electron chi connectivity index (χ3n) is 3.67. The van der Waals surface area contributed by atoms with Crippen molar-refractivity contribution in [3.8, 4) is 0 Å². The van der Waals surface area contributed by atoms with Gasteiger partial charge in [0.1, 0.15) is 0 Å². The highest BCUT2D eigenvalue weighted by Gasteiger charge is 2.13. The molecular weight excluding hydrogens is 280 g/mol. The fourth-order valence-electron chi connectivity index (χ4n) is 2.38. The second-order valence-corrected chi connectivity index (χ2v) is 6.79. The SMILES string of the molecule is Cc1c(C(C)NCCNC(=O)C(C)C)sc2ccccc12. The maximum atomic E-state index is 11.5. The van der Waals surface area contributed by atoms with Crippen LogP contribution in [0.2, 0.25) is 0 Å². The van der Waals surface area contributed by atoms with Crippen molar-refractivity contribution in [2.75, 3.05) is 13.1 Å². The van der Waals surface area contributed by atoms with Gasteiger partial charge in [-0.2, -0.15) is 0 Å². The van der Waals surface area contributed by atoms with Gasteiger partial charge in [-0.05, 0) is 30.9 Å². The molecule has 1 atom stereocenters. The Labute approximate surface area is 130 Å². The summed E-state index contributed by atoms with van der Waals surface area (Å²) in [6, 6.07) is 8.83. The van der Waals surface area contributed by atoms with Crippen LogP contribution in [0.3, 0.4) is 0 Å². The highest BCUT2D eigenvalue weighted by atomic mass is 32.1. The predicted molar refractivity (Wildman–Crippen MR) is 90.8 cm³/mol. The minimum absolute atomic E-state index is 0.0484. The molecule has 2 N–H and O–H groups in total. The van der Waals surface area contributed by atoms with Gasteiger partial charge in [0, 0.05) is 34.6 Å². The van der Waals surface area contributed by atoms with E-state index in [0.717, 1.165) is 6.54 Å². The summed E-state index contributed by atoms with van der Waals surface area (Å²) in [6.45, 7) is 9.64. The number of thiophene rings is 1. The minimum Gasteiger partial charge on any atom is -0.355 e. The third kappa shape index (κ3) is 3.83. The summed E-state index contributed by atoms with van der Waals surface area (Å²) in [6.07, 6.45) is 0. The average Bonchev–Trinajstić information content (AvgIpc) is 2.81. The number of hydrogen-bond acceptors (Lipinski definition) is 3. The summed E-state index contributed by atoms with van der Waals surface area (Å²) in [5, 5.41) is 7.77. The van der Waals surface area contributed by atoms with Gasteiger partial charge in [-0.1, -0.05) is 32.0 Å². The van der Waals surface area contributed by atoms with Crippen LogP contribution in [0.15, 0.2) is 24.3 Å². The molecule has 21 heavy (non-hydrogen) atoms. The summed E-state index contributed by atoms with van der Waals surface area (Å²) in [5.74, 6) is 0.162. The third-order valence-corrected chi connectivity index (χ3v) is 5.13. The molecule has 0 radical (unpaired) electrons. The van der Waals surface area contributed by atoms with Crippen LogP contribution in [-0.2, 0) is 4.79 Å². The second-order valence-electron chi connectivity index (χ2n) is 5.71. The lowest BCUT2D eigenvalue weighted by molar-refractivity contribution is -0.123. The number of rotatable bonds is 6. The standard InChI is InChI=1S/C17H24N2OS/c1-11(2)17(20)19-10-9-18-13(4)16-12(3)14-7-5-6-8-15(14)21-16/h5-8,11,13,18H,9-10H2,1-4H3,(H,19,20). The van der Waals surface area contributed by atoms with E-state index in [4.69, 9.17) is 0 Å². The predicted octanol–water partition coefficient (Wildman–Crippen LogP) is 3.63. The van der Waals surface area contributed by atoms with Crippen molar-refractivity contribution in [3.05, 3.63) is 34.7 Å². The van der Waals surface area contributed by atoms with Crippen LogP contribution in [0.5, 0.6) is 0 Å². The summed E-state index contributed by atoms with van der Waals surface area (Å²) >= 11 is 1.85. The van der Waals surface area contributed by atoms with Crippen molar-refractivity contribution in [1.29, 1.82) is 0 Å². The van der Waals surface area contributed by atoms with Crippen molar-refractivity contribution in [1.82, 2.24) is 10.6 Å². The van der Waals surface area contributed by atoms with Crippen LogP contribution in [0, 0.1) is 12.8 Å². The first-order valence-corrected chi connectivity index (χ1v) is 8.31. The van der Waals surface area contributed by atoms with Crippen molar-refractivity contribution < 1.29 is 4.79 Å². The summed E-state index contributed by atoms with van der Waals surface area (Å²) in [7, 11) is 0. The molecule has 2 aromatic rings. The summed E-state index contributed by atoms with van der Waals surface area (Å²) < 4.78 is 1.34. The Bertz CT molecular complexity index is 618. The van der Waals surface area contributed by atoms with Crippen molar-refractivity contribution in [2.24, 2.45) is 5.92 Å². The van der Waals surface area contributed by atoms with Crippen molar-refractivity contribution >= 4 is 27.3 Å². The lowest BCUT2D eigenvalue weighted by Crippen LogP contribution is -2.35. The molecule has 1 aromatic heterocycles. The molecule has 2 rings (SSSR count). The van der Waals surface area contributed by atoms with E-state index in [1.165, 1.54) is 20.5 Å². The highest BCUT2D eigenvalue weighted by Crippen LogP contribution is 2.34. The lowest BCUT2D eigenvalue weighted by Gasteiger charge is -2.14. The Morgan fingerprint density at radius 2 is 1.90 bits per heavy atom. The van der Waals surface area contributed by atoms with Gasteiger partial charge in [0.05, 0.1) is 0 Å². The maximum Gasteiger partial charge on any atom is 0.222 e. The normalized spacial score (nSPS) is 12.8. The smallest absolute Gasteiger partial charge is 0.222 e. The maximum absolute atomic E-state index is 11.5. The number of fused-ring (bicyclic) bond motifs is 1. The van der Waals surface area contributed by atoms with Crippen LogP contribution >= 0.6 is 11.3 Å². The van der Waals surface area contributed by atoms with E-state index in [0.29, 0.717) is 12.6 Å². The second kappa shape index (κ2) is 7.05. The largest absolute Gasteiger partial charge is 0.355 e. The number of amides is 1. The van der Waals surface area contributed by atoms with Gasteiger partial charge in [-0.25, -0.2) is 0 Å². The van der Waals surface area contributed by atoms with E-state index in [9.17, 15) is 4.79 Å². The van der Waals surface area contributed by atoms with Gasteiger partial charge >= 0.3 is 0 Å². The number of carbonyl (C=O) groups excluding carboxylic acids is 1. The fourth-order valence-corrected chi connectivity index (χ4v) is 3.62. The van der Waals surface area contributed by atoms with Gasteiger partial charge in [-0.15, -0.1) is 11.3 Å². The first kappa shape index (κ1) is 16.0. The Morgan fingerprint density at radius 3 is 2.57 bits per heavy atom. The van der Waals surface area contributed by atoms with Crippen LogP contribution in [0.1, 0.15) is 37.3 Å². The summed E-state index contributed by atoms with van der Waals surface area (Å²) in [5.41, 5.74) is 1.36. The van der Waals surface area contributed by atoms with Gasteiger partial charge in [0.2, 0.25) is 5.91 Å². The molecule has 114 valence electrons. The molecule has 1 unspecified atom stereocenters. The molecule has 0 aliphatic heterocycles. The van der Waals surface area contributed by atoms with E-state index >= 15 is 0 Å². The number of benzene rings is 1. The molecular formula is C17H24N2OS. The lowest BCUT2D eigenvalue weighted by atomic mass is 10.1. The number of nitrogens with one attached hydrogen (secondary N) is 2. The van der Waals surface area contributed by atoms with E-state index < -0.39 is 0 Å². The Hall–Kier alpha value is -1.39. The van der Waals surface area contributed by atoms with Crippen molar-refractivity contribution in [2.45, 2.75) is 33.7 Å². The molecule has 0 bridgehead atoms. The molecule has 0 fully saturated rings. The Morgan fingerprint density at radius 1 is 1.19 bits per heavy atom. The monoisotopic (exact) mass is 304 g/mol. The van der Waals surface area contributed by atoms with Gasteiger partial charge < -0.3 is 10.6 Å². The van der Waals surface area contributed by atoms with Crippen molar-refractivity contribution in [3.63, 3.8) is 0 Å². The quantitative estimate of drug-likeness (QED) is 0.800. The zero-order chi connectivity index (χ0) is 15.4. The molecule has 0 saturated carbocycles. The molecule has 4 heteroatoms. The molecule has 1 heterocycles. The first-order chi connectivity index (χ1) is 10.0. The van der Waals surface area contributed by atoms with Gasteiger partial charge in [0.15, 0.2) is 0 Å². The van der Waals surface area contributed by atoms with E-state index in [1.807, 2.05) is 25.2 Å². The molecule has 0 saturated heterocycles. The first-order valence-electron chi connectivity index (χ1n) is 7.49. The van der Waals surface area contributed by atoms with Gasteiger partial charge in [-0.3, -0.25) is 4.79 Å². The number of aryl methyl sites for hydroxylation is 1. The van der Waals surface area contributed by atoms with Crippen LogP contribution in [0.25, 0.3) is 10.1 Å². The molecule has 0 aliphatic carbocycles. The average molecular weight is 304 g/mol. The van der Waals surface area contributed by atoms with Crippen LogP contribution in [-0.4, -0.2) is 19.0 Å². The van der Waals surface area contributed by atoms with E-state index in [-0.39, 0.29) is 11.8 Å². The number of hydrogen-bond donors (Lipinski definition) is 2. The van der Waals surface area contributed by atoms with E-state index in [2.05, 4.69) is 48.7 Å². The fraction of sp³-hybridized carbons (Fsp3) is 0.471. The minimum atomic E-state index is 0.0484. The molecule has 1 aromatic carbocycles. The van der Waals surface area contributed by atoms with Crippen LogP contribution < -0.4 is 10.6 Å². The Kier molecular flexibility index (Phi) is 5.37. The van der Waals surface area contributed by atoms with Crippen LogP contribution in [0.4, 0.5) is 0 Å². The van der Waals surface area contributed by atoms with E-state index in [1.54, 1.807) is 0 Å². The highest BCUT2D eigenvalue weighted by molar-refractivity contribution is 7.19. The van der Waals surface area contributed by atoms with Gasteiger partial charge in [0.25, 0.3) is 0 Å². The topological polar surface area (TPSA) is 41.1 Å². The zero-order valence-corrected chi connectivity index (χ0v) is 14.0. The number of carbonyl (C=O) groups is 1.